The van der Waals surface area contributed by atoms with E-state index in [0.717, 1.165) is 11.8 Å². The normalized spacial score (nSPS) is 24.7. The van der Waals surface area contributed by atoms with Crippen LogP contribution in [0, 0.1) is 11.8 Å². The molecule has 1 fully saturated rings. The monoisotopic (exact) mass is 254 g/mol. The molecule has 1 aromatic carbocycles. The Morgan fingerprint density at radius 3 is 2.89 bits per heavy atom. The summed E-state index contributed by atoms with van der Waals surface area (Å²) in [6.07, 6.45) is 7.94. The Bertz CT molecular complexity index is 559. The maximum Gasteiger partial charge on any atom is 0.0354 e. The highest BCUT2D eigenvalue weighted by Gasteiger charge is 2.31. The van der Waals surface area contributed by atoms with Gasteiger partial charge in [-0.05, 0) is 42.3 Å². The van der Waals surface area contributed by atoms with E-state index in [-0.39, 0.29) is 0 Å². The van der Waals surface area contributed by atoms with E-state index >= 15 is 0 Å². The van der Waals surface area contributed by atoms with E-state index in [4.69, 9.17) is 0 Å². The minimum absolute atomic E-state index is 0.462. The average molecular weight is 254 g/mol. The molecular weight excluding hydrogens is 232 g/mol. The average Bonchev–Trinajstić information content (AvgIpc) is 2.86. The van der Waals surface area contributed by atoms with Gasteiger partial charge in [0.1, 0.15) is 0 Å². The van der Waals surface area contributed by atoms with Gasteiger partial charge in [0.25, 0.3) is 0 Å². The lowest BCUT2D eigenvalue weighted by Gasteiger charge is -2.28. The van der Waals surface area contributed by atoms with Crippen LogP contribution in [-0.4, -0.2) is 12.0 Å². The fourth-order valence-corrected chi connectivity index (χ4v) is 3.69. The third-order valence-corrected chi connectivity index (χ3v) is 4.72. The van der Waals surface area contributed by atoms with Gasteiger partial charge in [-0.2, -0.15) is 0 Å². The van der Waals surface area contributed by atoms with Crippen LogP contribution in [0.5, 0.6) is 0 Å². The number of nitrogens with one attached hydrogen (secondary N) is 1. The van der Waals surface area contributed by atoms with Gasteiger partial charge in [-0.1, -0.05) is 38.0 Å². The molecule has 19 heavy (non-hydrogen) atoms. The molecule has 0 amide bonds. The lowest BCUT2D eigenvalue weighted by atomic mass is 9.84. The number of nitrogens with zero attached hydrogens (tertiary/aromatic N) is 1. The van der Waals surface area contributed by atoms with Crippen molar-refractivity contribution in [2.45, 2.75) is 32.2 Å². The Kier molecular flexibility index (Phi) is 3.52. The van der Waals surface area contributed by atoms with Gasteiger partial charge in [0, 0.05) is 23.8 Å². The Hall–Kier alpha value is -1.41. The molecule has 100 valence electrons. The van der Waals surface area contributed by atoms with Crippen LogP contribution in [0.15, 0.2) is 36.7 Å². The molecule has 2 heteroatoms. The van der Waals surface area contributed by atoms with E-state index in [1.54, 1.807) is 0 Å². The molecule has 0 aliphatic heterocycles. The van der Waals surface area contributed by atoms with Crippen molar-refractivity contribution >= 4 is 10.8 Å². The van der Waals surface area contributed by atoms with Crippen molar-refractivity contribution in [3.8, 4) is 0 Å². The standard InChI is InChI=1S/C17H22N2/c1-12-5-3-7-14(12)17(18-2)16-8-4-6-13-11-19-10-9-15(13)16/h4,6,8-12,14,17-18H,3,5,7H2,1-2H3. The molecule has 2 nitrogen and oxygen atoms in total. The van der Waals surface area contributed by atoms with E-state index in [9.17, 15) is 0 Å². The molecule has 1 saturated carbocycles. The molecule has 3 atom stereocenters. The molecule has 0 spiro atoms. The van der Waals surface area contributed by atoms with Crippen LogP contribution in [0.1, 0.15) is 37.8 Å². The summed E-state index contributed by atoms with van der Waals surface area (Å²) in [6.45, 7) is 2.40. The number of rotatable bonds is 3. The zero-order valence-corrected chi connectivity index (χ0v) is 11.8. The van der Waals surface area contributed by atoms with Gasteiger partial charge in [-0.3, -0.25) is 4.98 Å². The first-order chi connectivity index (χ1) is 9.31. The highest BCUT2D eigenvalue weighted by atomic mass is 14.9. The quantitative estimate of drug-likeness (QED) is 0.897. The van der Waals surface area contributed by atoms with E-state index < -0.39 is 0 Å². The van der Waals surface area contributed by atoms with Gasteiger partial charge in [-0.25, -0.2) is 0 Å². The van der Waals surface area contributed by atoms with Crippen molar-refractivity contribution in [1.82, 2.24) is 10.3 Å². The third-order valence-electron chi connectivity index (χ3n) is 4.72. The summed E-state index contributed by atoms with van der Waals surface area (Å²) in [7, 11) is 2.09. The van der Waals surface area contributed by atoms with Crippen molar-refractivity contribution < 1.29 is 0 Å². The first-order valence-corrected chi connectivity index (χ1v) is 7.31. The number of aromatic nitrogens is 1. The zero-order chi connectivity index (χ0) is 13.2. The first kappa shape index (κ1) is 12.6. The van der Waals surface area contributed by atoms with Crippen LogP contribution < -0.4 is 5.32 Å². The fourth-order valence-electron chi connectivity index (χ4n) is 3.69. The van der Waals surface area contributed by atoms with Crippen LogP contribution >= 0.6 is 0 Å². The number of hydrogen-bond acceptors (Lipinski definition) is 2. The van der Waals surface area contributed by atoms with Crippen LogP contribution in [-0.2, 0) is 0 Å². The molecule has 0 bridgehead atoms. The van der Waals surface area contributed by atoms with E-state index in [2.05, 4.69) is 48.5 Å². The number of hydrogen-bond donors (Lipinski definition) is 1. The van der Waals surface area contributed by atoms with Gasteiger partial charge < -0.3 is 5.32 Å². The smallest absolute Gasteiger partial charge is 0.0354 e. The van der Waals surface area contributed by atoms with Crippen LogP contribution in [0.4, 0.5) is 0 Å². The van der Waals surface area contributed by atoms with Gasteiger partial charge >= 0.3 is 0 Å². The topological polar surface area (TPSA) is 24.9 Å². The molecule has 3 unspecified atom stereocenters. The molecule has 2 aromatic rings. The lowest BCUT2D eigenvalue weighted by Crippen LogP contribution is -2.27. The maximum atomic E-state index is 4.23. The molecule has 1 aromatic heterocycles. The largest absolute Gasteiger partial charge is 0.313 e. The highest BCUT2D eigenvalue weighted by Crippen LogP contribution is 2.41. The van der Waals surface area contributed by atoms with Crippen molar-refractivity contribution in [1.29, 1.82) is 0 Å². The van der Waals surface area contributed by atoms with Gasteiger partial charge in [0.05, 0.1) is 0 Å². The Morgan fingerprint density at radius 1 is 1.26 bits per heavy atom. The summed E-state index contributed by atoms with van der Waals surface area (Å²) in [5, 5.41) is 6.15. The number of benzene rings is 1. The SMILES string of the molecule is CNC(c1cccc2cnccc12)C1CCCC1C. The van der Waals surface area contributed by atoms with Crippen LogP contribution in [0.25, 0.3) is 10.8 Å². The highest BCUT2D eigenvalue weighted by molar-refractivity contribution is 5.85. The third kappa shape index (κ3) is 2.25. The van der Waals surface area contributed by atoms with Crippen molar-refractivity contribution in [2.75, 3.05) is 7.05 Å². The molecule has 3 rings (SSSR count). The molecule has 0 saturated heterocycles. The minimum atomic E-state index is 0.462. The second-order valence-corrected chi connectivity index (χ2v) is 5.78. The van der Waals surface area contributed by atoms with Crippen molar-refractivity contribution in [3.63, 3.8) is 0 Å². The summed E-state index contributed by atoms with van der Waals surface area (Å²) in [4.78, 5) is 4.23. The van der Waals surface area contributed by atoms with E-state index in [1.165, 1.54) is 35.6 Å². The predicted molar refractivity (Wildman–Crippen MR) is 80.0 cm³/mol. The van der Waals surface area contributed by atoms with Gasteiger partial charge in [0.2, 0.25) is 0 Å². The predicted octanol–water partition coefficient (Wildman–Crippen LogP) is 3.93. The second kappa shape index (κ2) is 5.30. The first-order valence-electron chi connectivity index (χ1n) is 7.31. The summed E-state index contributed by atoms with van der Waals surface area (Å²) in [6, 6.07) is 9.19. The zero-order valence-electron chi connectivity index (χ0n) is 11.8. The van der Waals surface area contributed by atoms with Gasteiger partial charge in [-0.15, -0.1) is 0 Å². The molecule has 1 aliphatic carbocycles. The van der Waals surface area contributed by atoms with Gasteiger partial charge in [0.15, 0.2) is 0 Å². The van der Waals surface area contributed by atoms with E-state index in [1.807, 2.05) is 12.4 Å². The minimum Gasteiger partial charge on any atom is -0.313 e. The number of fused-ring (bicyclic) bond motifs is 1. The van der Waals surface area contributed by atoms with Crippen LogP contribution in [0.2, 0.25) is 0 Å². The summed E-state index contributed by atoms with van der Waals surface area (Å²) in [5.74, 6) is 1.57. The summed E-state index contributed by atoms with van der Waals surface area (Å²) < 4.78 is 0. The molecule has 1 heterocycles. The van der Waals surface area contributed by atoms with E-state index in [0.29, 0.717) is 6.04 Å². The summed E-state index contributed by atoms with van der Waals surface area (Å²) in [5.41, 5.74) is 1.43. The lowest BCUT2D eigenvalue weighted by molar-refractivity contribution is 0.317. The van der Waals surface area contributed by atoms with Crippen molar-refractivity contribution in [3.05, 3.63) is 42.2 Å². The van der Waals surface area contributed by atoms with Crippen LogP contribution in [0.3, 0.4) is 0 Å². The summed E-state index contributed by atoms with van der Waals surface area (Å²) >= 11 is 0. The Morgan fingerprint density at radius 2 is 2.16 bits per heavy atom. The maximum absolute atomic E-state index is 4.23. The molecular formula is C17H22N2. The number of pyridine rings is 1. The Labute approximate surface area is 115 Å². The molecule has 1 N–H and O–H groups in total. The van der Waals surface area contributed by atoms with Crippen molar-refractivity contribution in [2.24, 2.45) is 11.8 Å². The fraction of sp³-hybridized carbons (Fsp3) is 0.471. The second-order valence-electron chi connectivity index (χ2n) is 5.78. The molecule has 1 aliphatic rings. The Balaban J connectivity index is 2.06. The molecule has 0 radical (unpaired) electrons.